The number of hydrogen-bond acceptors (Lipinski definition) is 6. The van der Waals surface area contributed by atoms with Gasteiger partial charge in [-0.2, -0.15) is 0 Å². The highest BCUT2D eigenvalue weighted by molar-refractivity contribution is 8.00. The van der Waals surface area contributed by atoms with E-state index in [4.69, 9.17) is 4.74 Å². The maximum atomic E-state index is 12.8. The van der Waals surface area contributed by atoms with Gasteiger partial charge in [0.1, 0.15) is 5.75 Å². The fraction of sp³-hybridized carbons (Fsp3) is 0.261. The van der Waals surface area contributed by atoms with Crippen LogP contribution in [0.4, 0.5) is 5.69 Å². The van der Waals surface area contributed by atoms with Crippen LogP contribution < -0.4 is 15.6 Å². The van der Waals surface area contributed by atoms with Crippen molar-refractivity contribution in [1.29, 1.82) is 0 Å². The van der Waals surface area contributed by atoms with E-state index < -0.39 is 0 Å². The molecule has 1 aromatic heterocycles. The van der Waals surface area contributed by atoms with E-state index in [1.165, 1.54) is 17.8 Å². The molecule has 6 nitrogen and oxygen atoms in total. The van der Waals surface area contributed by atoms with Crippen LogP contribution in [0, 0.1) is 0 Å². The van der Waals surface area contributed by atoms with Crippen molar-refractivity contribution in [1.82, 2.24) is 9.97 Å². The second-order valence-corrected chi connectivity index (χ2v) is 8.85. The molecule has 3 aromatic rings. The van der Waals surface area contributed by atoms with Gasteiger partial charge in [0.25, 0.3) is 5.56 Å². The lowest BCUT2D eigenvalue weighted by molar-refractivity contribution is -0.115. The first kappa shape index (κ1) is 23.0. The second-order valence-electron chi connectivity index (χ2n) is 6.60. The average Bonchev–Trinajstić information content (AvgIpc) is 2.78. The maximum Gasteiger partial charge on any atom is 0.251 e. The van der Waals surface area contributed by atoms with Gasteiger partial charge < -0.3 is 15.0 Å². The molecule has 2 aromatic carbocycles. The predicted molar refractivity (Wildman–Crippen MR) is 127 cm³/mol. The van der Waals surface area contributed by atoms with Crippen LogP contribution in [0.2, 0.25) is 0 Å². The van der Waals surface area contributed by atoms with Crippen molar-refractivity contribution in [2.75, 3.05) is 11.9 Å². The molecule has 0 spiro atoms. The highest BCUT2D eigenvalue weighted by Crippen LogP contribution is 2.25. The molecule has 0 saturated carbocycles. The third-order valence-corrected chi connectivity index (χ3v) is 6.55. The van der Waals surface area contributed by atoms with Crippen molar-refractivity contribution < 1.29 is 9.53 Å². The quantitative estimate of drug-likeness (QED) is 0.332. The van der Waals surface area contributed by atoms with E-state index in [1.807, 2.05) is 68.4 Å². The zero-order valence-electron chi connectivity index (χ0n) is 17.5. The van der Waals surface area contributed by atoms with Crippen LogP contribution in [0.5, 0.6) is 5.75 Å². The number of rotatable bonds is 10. The summed E-state index contributed by atoms with van der Waals surface area (Å²) >= 11 is 2.88. The number of anilines is 1. The SMILES string of the molecule is CCOc1ccc(NC(=O)C(CC)Sc2nc(CSc3ccccc3)cc(=O)[nH]2)cc1. The largest absolute Gasteiger partial charge is 0.494 e. The third kappa shape index (κ3) is 7.18. The minimum Gasteiger partial charge on any atom is -0.494 e. The molecule has 1 amide bonds. The summed E-state index contributed by atoms with van der Waals surface area (Å²) in [6, 6.07) is 18.7. The number of amides is 1. The molecular weight excluding hydrogens is 430 g/mol. The van der Waals surface area contributed by atoms with E-state index >= 15 is 0 Å². The van der Waals surface area contributed by atoms with E-state index in [0.29, 0.717) is 35.3 Å². The standard InChI is InChI=1S/C23H25N3O3S2/c1-3-20(22(28)24-16-10-12-18(13-11-16)29-4-2)31-23-25-17(14-21(27)26-23)15-30-19-8-6-5-7-9-19/h5-14,20H,3-4,15H2,1-2H3,(H,24,28)(H,25,26,27). The normalized spacial score (nSPS) is 11.7. The number of ether oxygens (including phenoxy) is 1. The topological polar surface area (TPSA) is 84.1 Å². The highest BCUT2D eigenvalue weighted by Gasteiger charge is 2.20. The van der Waals surface area contributed by atoms with E-state index in [-0.39, 0.29) is 16.7 Å². The number of carbonyl (C=O) groups excluding carboxylic acids is 1. The van der Waals surface area contributed by atoms with Crippen molar-refractivity contribution in [3.63, 3.8) is 0 Å². The number of aromatic nitrogens is 2. The van der Waals surface area contributed by atoms with Crippen molar-refractivity contribution in [2.45, 2.75) is 41.3 Å². The van der Waals surface area contributed by atoms with Crippen LogP contribution in [0.1, 0.15) is 26.0 Å². The molecule has 2 N–H and O–H groups in total. The van der Waals surface area contributed by atoms with E-state index in [1.54, 1.807) is 11.8 Å². The first-order valence-electron chi connectivity index (χ1n) is 10.1. The fourth-order valence-electron chi connectivity index (χ4n) is 2.77. The minimum absolute atomic E-state index is 0.136. The number of nitrogens with one attached hydrogen (secondary N) is 2. The summed E-state index contributed by atoms with van der Waals surface area (Å²) in [5.74, 6) is 1.20. The van der Waals surface area contributed by atoms with Gasteiger partial charge in [-0.25, -0.2) is 4.98 Å². The van der Waals surface area contributed by atoms with E-state index in [2.05, 4.69) is 15.3 Å². The number of hydrogen-bond donors (Lipinski definition) is 2. The monoisotopic (exact) mass is 455 g/mol. The van der Waals surface area contributed by atoms with Crippen LogP contribution in [-0.2, 0) is 10.5 Å². The molecule has 162 valence electrons. The highest BCUT2D eigenvalue weighted by atomic mass is 32.2. The molecule has 3 rings (SSSR count). The van der Waals surface area contributed by atoms with Gasteiger partial charge in [0.2, 0.25) is 5.91 Å². The Hall–Kier alpha value is -2.71. The zero-order chi connectivity index (χ0) is 22.1. The maximum absolute atomic E-state index is 12.8. The van der Waals surface area contributed by atoms with E-state index in [0.717, 1.165) is 10.6 Å². The summed E-state index contributed by atoms with van der Waals surface area (Å²) in [6.45, 7) is 4.45. The van der Waals surface area contributed by atoms with Crippen molar-refractivity contribution in [2.24, 2.45) is 0 Å². The Morgan fingerprint density at radius 1 is 1.13 bits per heavy atom. The van der Waals surface area contributed by atoms with Crippen LogP contribution in [0.3, 0.4) is 0 Å². The van der Waals surface area contributed by atoms with Crippen LogP contribution >= 0.6 is 23.5 Å². The lowest BCUT2D eigenvalue weighted by atomic mass is 10.2. The van der Waals surface area contributed by atoms with Crippen molar-refractivity contribution >= 4 is 35.1 Å². The molecule has 0 bridgehead atoms. The number of nitrogens with zero attached hydrogens (tertiary/aromatic N) is 1. The predicted octanol–water partition coefficient (Wildman–Crippen LogP) is 4.97. The zero-order valence-corrected chi connectivity index (χ0v) is 19.1. The number of thioether (sulfide) groups is 2. The Morgan fingerprint density at radius 3 is 2.55 bits per heavy atom. The molecule has 0 radical (unpaired) electrons. The number of benzene rings is 2. The molecule has 0 saturated heterocycles. The molecule has 1 unspecified atom stereocenters. The molecule has 1 heterocycles. The molecule has 0 aliphatic carbocycles. The average molecular weight is 456 g/mol. The number of carbonyl (C=O) groups is 1. The van der Waals surface area contributed by atoms with Gasteiger partial charge in [-0.3, -0.25) is 9.59 Å². The van der Waals surface area contributed by atoms with Gasteiger partial charge >= 0.3 is 0 Å². The summed E-state index contributed by atoms with van der Waals surface area (Å²) in [6.07, 6.45) is 0.597. The Morgan fingerprint density at radius 2 is 1.87 bits per heavy atom. The smallest absolute Gasteiger partial charge is 0.251 e. The molecule has 0 aliphatic heterocycles. The fourth-order valence-corrected chi connectivity index (χ4v) is 4.51. The Kier molecular flexibility index (Phi) is 8.61. The van der Waals surface area contributed by atoms with Gasteiger partial charge in [-0.15, -0.1) is 11.8 Å². The lowest BCUT2D eigenvalue weighted by Gasteiger charge is -2.15. The first-order chi connectivity index (χ1) is 15.1. The molecular formula is C23H25N3O3S2. The molecule has 1 atom stereocenters. The van der Waals surface area contributed by atoms with Crippen LogP contribution in [0.25, 0.3) is 0 Å². The molecule has 0 aliphatic rings. The van der Waals surface area contributed by atoms with Gasteiger partial charge in [0.05, 0.1) is 17.6 Å². The summed E-state index contributed by atoms with van der Waals surface area (Å²) in [4.78, 5) is 33.3. The third-order valence-electron chi connectivity index (χ3n) is 4.25. The lowest BCUT2D eigenvalue weighted by Crippen LogP contribution is -2.25. The summed E-state index contributed by atoms with van der Waals surface area (Å²) in [5.41, 5.74) is 1.16. The summed E-state index contributed by atoms with van der Waals surface area (Å²) in [7, 11) is 0. The van der Waals surface area contributed by atoms with Crippen molar-refractivity contribution in [3.8, 4) is 5.75 Å². The van der Waals surface area contributed by atoms with E-state index in [9.17, 15) is 9.59 Å². The van der Waals surface area contributed by atoms with Gasteiger partial charge in [0.15, 0.2) is 5.16 Å². The van der Waals surface area contributed by atoms with Crippen molar-refractivity contribution in [3.05, 3.63) is 76.7 Å². The molecule has 0 fully saturated rings. The number of H-pyrrole nitrogens is 1. The van der Waals surface area contributed by atoms with Gasteiger partial charge in [-0.1, -0.05) is 36.9 Å². The second kappa shape index (κ2) is 11.6. The summed E-state index contributed by atoms with van der Waals surface area (Å²) < 4.78 is 5.42. The van der Waals surface area contributed by atoms with Gasteiger partial charge in [-0.05, 0) is 49.7 Å². The van der Waals surface area contributed by atoms with Crippen LogP contribution in [0.15, 0.2) is 75.5 Å². The minimum atomic E-state index is -0.383. The van der Waals surface area contributed by atoms with Crippen LogP contribution in [-0.4, -0.2) is 27.7 Å². The molecule has 31 heavy (non-hydrogen) atoms. The van der Waals surface area contributed by atoms with Gasteiger partial charge in [0, 0.05) is 22.4 Å². The Bertz CT molecular complexity index is 1040. The summed E-state index contributed by atoms with van der Waals surface area (Å²) in [5, 5.41) is 2.99. The number of aromatic amines is 1. The Labute approximate surface area is 190 Å². The Balaban J connectivity index is 1.64. The molecule has 8 heteroatoms. The first-order valence-corrected chi connectivity index (χ1v) is 11.9.